The maximum atomic E-state index is 13.0. The summed E-state index contributed by atoms with van der Waals surface area (Å²) in [5.74, 6) is 0.139. The first-order valence-corrected chi connectivity index (χ1v) is 9.06. The summed E-state index contributed by atoms with van der Waals surface area (Å²) in [6.45, 7) is 5.84. The first-order chi connectivity index (χ1) is 12.4. The van der Waals surface area contributed by atoms with E-state index in [1.807, 2.05) is 58.2 Å². The highest BCUT2D eigenvalue weighted by Crippen LogP contribution is 2.40. The van der Waals surface area contributed by atoms with Crippen LogP contribution in [0.2, 0.25) is 0 Å². The summed E-state index contributed by atoms with van der Waals surface area (Å²) in [5.41, 5.74) is 5.23. The molecule has 1 aliphatic rings. The van der Waals surface area contributed by atoms with Crippen LogP contribution < -0.4 is 0 Å². The fraction of sp³-hybridized carbons (Fsp3) is 0.381. The third kappa shape index (κ3) is 2.98. The van der Waals surface area contributed by atoms with Crippen LogP contribution in [0.15, 0.2) is 30.3 Å². The predicted octanol–water partition coefficient (Wildman–Crippen LogP) is 4.38. The van der Waals surface area contributed by atoms with Crippen molar-refractivity contribution in [3.63, 3.8) is 0 Å². The van der Waals surface area contributed by atoms with Crippen molar-refractivity contribution in [1.29, 1.82) is 0 Å². The Labute approximate surface area is 153 Å². The molecule has 1 saturated carbocycles. The fourth-order valence-electron chi connectivity index (χ4n) is 3.43. The summed E-state index contributed by atoms with van der Waals surface area (Å²) in [4.78, 5) is 17.7. The van der Waals surface area contributed by atoms with E-state index in [0.717, 1.165) is 46.4 Å². The van der Waals surface area contributed by atoms with Crippen LogP contribution in [-0.2, 0) is 11.8 Å². The normalized spacial score (nSPS) is 15.2. The van der Waals surface area contributed by atoms with Crippen molar-refractivity contribution in [2.45, 2.75) is 45.6 Å². The number of fused-ring (bicyclic) bond motifs is 1. The fourth-order valence-corrected chi connectivity index (χ4v) is 3.43. The Morgan fingerprint density at radius 2 is 2.04 bits per heavy atom. The van der Waals surface area contributed by atoms with Crippen LogP contribution in [0.5, 0.6) is 0 Å². The number of hydrogen-bond acceptors (Lipinski definition) is 4. The molecule has 0 unspecified atom stereocenters. The largest absolute Gasteiger partial charge is 0.454 e. The number of nitrogens with zero attached hydrogens (tertiary/aromatic N) is 3. The number of rotatable bonds is 4. The lowest BCUT2D eigenvalue weighted by molar-refractivity contribution is 0.0340. The first kappa shape index (κ1) is 16.8. The van der Waals surface area contributed by atoms with Crippen LogP contribution >= 0.6 is 0 Å². The topological polar surface area (TPSA) is 57.0 Å². The second-order valence-electron chi connectivity index (χ2n) is 7.24. The van der Waals surface area contributed by atoms with E-state index in [9.17, 15) is 4.79 Å². The van der Waals surface area contributed by atoms with Gasteiger partial charge in [0.2, 0.25) is 0 Å². The van der Waals surface area contributed by atoms with Gasteiger partial charge in [-0.15, -0.1) is 0 Å². The Morgan fingerprint density at radius 3 is 2.73 bits per heavy atom. The van der Waals surface area contributed by atoms with Crippen LogP contribution in [0.4, 0.5) is 0 Å². The van der Waals surface area contributed by atoms with Crippen molar-refractivity contribution < 1.29 is 9.53 Å². The van der Waals surface area contributed by atoms with E-state index in [2.05, 4.69) is 5.10 Å². The molecule has 134 valence electrons. The van der Waals surface area contributed by atoms with Gasteiger partial charge in [-0.3, -0.25) is 4.68 Å². The van der Waals surface area contributed by atoms with Crippen LogP contribution in [-0.4, -0.2) is 20.7 Å². The van der Waals surface area contributed by atoms with Gasteiger partial charge in [0.15, 0.2) is 5.65 Å². The van der Waals surface area contributed by atoms with Crippen molar-refractivity contribution in [2.24, 2.45) is 7.05 Å². The average molecular weight is 349 g/mol. The number of pyridine rings is 1. The number of hydrogen-bond donors (Lipinski definition) is 0. The molecule has 0 amide bonds. The molecule has 0 aliphatic heterocycles. The number of esters is 1. The number of aromatic nitrogens is 3. The van der Waals surface area contributed by atoms with Gasteiger partial charge >= 0.3 is 5.97 Å². The predicted molar refractivity (Wildman–Crippen MR) is 100 cm³/mol. The second-order valence-corrected chi connectivity index (χ2v) is 7.24. The quantitative estimate of drug-likeness (QED) is 0.656. The van der Waals surface area contributed by atoms with Gasteiger partial charge in [0.25, 0.3) is 0 Å². The molecule has 0 bridgehead atoms. The molecule has 0 saturated heterocycles. The SMILES string of the molecule is Cc1cccc([C@@H](C)OC(=O)c2cc(C3CC3)nc3c2c(C)nn3C)c1. The van der Waals surface area contributed by atoms with Crippen LogP contribution in [0.1, 0.15) is 64.7 Å². The zero-order valence-corrected chi connectivity index (χ0v) is 15.6. The Balaban J connectivity index is 1.72. The Morgan fingerprint density at radius 1 is 1.27 bits per heavy atom. The summed E-state index contributed by atoms with van der Waals surface area (Å²) >= 11 is 0. The molecule has 1 aliphatic carbocycles. The third-order valence-electron chi connectivity index (χ3n) is 5.00. The maximum absolute atomic E-state index is 13.0. The number of benzene rings is 1. The molecule has 26 heavy (non-hydrogen) atoms. The molecular weight excluding hydrogens is 326 g/mol. The van der Waals surface area contributed by atoms with Gasteiger partial charge in [-0.05, 0) is 45.2 Å². The molecule has 5 heteroatoms. The summed E-state index contributed by atoms with van der Waals surface area (Å²) < 4.78 is 7.55. The zero-order chi connectivity index (χ0) is 18.4. The number of carbonyl (C=O) groups is 1. The Hall–Kier alpha value is -2.69. The van der Waals surface area contributed by atoms with Crippen molar-refractivity contribution in [3.05, 3.63) is 58.4 Å². The highest BCUT2D eigenvalue weighted by Gasteiger charge is 2.29. The Bertz CT molecular complexity index is 1000. The van der Waals surface area contributed by atoms with Crippen molar-refractivity contribution in [1.82, 2.24) is 14.8 Å². The molecule has 1 aromatic carbocycles. The summed E-state index contributed by atoms with van der Waals surface area (Å²) in [7, 11) is 1.86. The second kappa shape index (κ2) is 6.24. The Kier molecular flexibility index (Phi) is 4.02. The van der Waals surface area contributed by atoms with E-state index in [1.54, 1.807) is 4.68 Å². The minimum atomic E-state index is -0.315. The van der Waals surface area contributed by atoms with E-state index in [0.29, 0.717) is 11.5 Å². The number of carbonyl (C=O) groups excluding carboxylic acids is 1. The van der Waals surface area contributed by atoms with E-state index in [4.69, 9.17) is 9.72 Å². The van der Waals surface area contributed by atoms with Crippen molar-refractivity contribution in [3.8, 4) is 0 Å². The lowest BCUT2D eigenvalue weighted by atomic mass is 10.1. The van der Waals surface area contributed by atoms with Crippen LogP contribution in [0.25, 0.3) is 11.0 Å². The minimum Gasteiger partial charge on any atom is -0.454 e. The molecule has 3 aromatic rings. The zero-order valence-electron chi connectivity index (χ0n) is 15.6. The average Bonchev–Trinajstić information content (AvgIpc) is 3.41. The van der Waals surface area contributed by atoms with Gasteiger partial charge in [-0.1, -0.05) is 29.8 Å². The highest BCUT2D eigenvalue weighted by molar-refractivity contribution is 6.04. The lowest BCUT2D eigenvalue weighted by Gasteiger charge is -2.15. The van der Waals surface area contributed by atoms with Crippen molar-refractivity contribution >= 4 is 17.0 Å². The molecule has 5 nitrogen and oxygen atoms in total. The van der Waals surface area contributed by atoms with Crippen LogP contribution in [0.3, 0.4) is 0 Å². The van der Waals surface area contributed by atoms with Crippen LogP contribution in [0, 0.1) is 13.8 Å². The van der Waals surface area contributed by atoms with Crippen molar-refractivity contribution in [2.75, 3.05) is 0 Å². The molecule has 0 N–H and O–H groups in total. The molecular formula is C21H23N3O2. The molecule has 4 rings (SSSR count). The first-order valence-electron chi connectivity index (χ1n) is 9.06. The highest BCUT2D eigenvalue weighted by atomic mass is 16.5. The standard InChI is InChI=1S/C21H23N3O2/c1-12-6-5-7-16(10-12)14(3)26-21(25)17-11-18(15-8-9-15)22-20-19(17)13(2)23-24(20)4/h5-7,10-11,14-15H,8-9H2,1-4H3/t14-/m1/s1. The minimum absolute atomic E-state index is 0.313. The number of ether oxygens (including phenoxy) is 1. The van der Waals surface area contributed by atoms with E-state index in [1.165, 1.54) is 0 Å². The molecule has 2 aromatic heterocycles. The molecule has 1 fully saturated rings. The van der Waals surface area contributed by atoms with Gasteiger partial charge in [-0.25, -0.2) is 9.78 Å². The summed E-state index contributed by atoms with van der Waals surface area (Å²) in [5, 5.41) is 5.24. The smallest absolute Gasteiger partial charge is 0.339 e. The van der Waals surface area contributed by atoms with Gasteiger partial charge in [0.1, 0.15) is 6.10 Å². The molecule has 0 radical (unpaired) electrons. The van der Waals surface area contributed by atoms with Gasteiger partial charge < -0.3 is 4.74 Å². The van der Waals surface area contributed by atoms with Gasteiger partial charge in [0, 0.05) is 18.7 Å². The molecule has 2 heterocycles. The van der Waals surface area contributed by atoms with E-state index < -0.39 is 0 Å². The van der Waals surface area contributed by atoms with E-state index >= 15 is 0 Å². The molecule has 1 atom stereocenters. The summed E-state index contributed by atoms with van der Waals surface area (Å²) in [6, 6.07) is 9.95. The molecule has 0 spiro atoms. The third-order valence-corrected chi connectivity index (χ3v) is 5.00. The van der Waals surface area contributed by atoms with E-state index in [-0.39, 0.29) is 12.1 Å². The monoisotopic (exact) mass is 349 g/mol. The number of aryl methyl sites for hydroxylation is 3. The maximum Gasteiger partial charge on any atom is 0.339 e. The van der Waals surface area contributed by atoms with Gasteiger partial charge in [0.05, 0.1) is 16.6 Å². The van der Waals surface area contributed by atoms with Gasteiger partial charge in [-0.2, -0.15) is 5.10 Å². The lowest BCUT2D eigenvalue weighted by Crippen LogP contribution is -2.11. The summed E-state index contributed by atoms with van der Waals surface area (Å²) in [6.07, 6.45) is 1.94.